The standard InChI is InChI=1S/C19H25F3N2O.ClH/c1-13-9-14(11-23)12-24(13)17(25)18(7-2-3-8-18)15-5-4-6-16(10-15)19(20,21)22;/h4-6,10,13-14H,2-3,7-9,11-12,23H2,1H3;1H. The first-order chi connectivity index (χ1) is 11.8. The lowest BCUT2D eigenvalue weighted by Crippen LogP contribution is -2.47. The molecule has 2 unspecified atom stereocenters. The Morgan fingerprint density at radius 3 is 2.50 bits per heavy atom. The minimum absolute atomic E-state index is 0. The van der Waals surface area contributed by atoms with Crippen LogP contribution >= 0.6 is 12.4 Å². The van der Waals surface area contributed by atoms with Gasteiger partial charge in [-0.15, -0.1) is 12.4 Å². The SMILES string of the molecule is CC1CC(CN)CN1C(=O)C1(c2cccc(C(F)(F)F)c2)CCCC1.Cl. The largest absolute Gasteiger partial charge is 0.416 e. The average molecular weight is 391 g/mol. The minimum atomic E-state index is -4.40. The molecule has 1 saturated carbocycles. The normalized spacial score (nSPS) is 25.2. The predicted octanol–water partition coefficient (Wildman–Crippen LogP) is 4.13. The van der Waals surface area contributed by atoms with Crippen molar-refractivity contribution in [3.63, 3.8) is 0 Å². The van der Waals surface area contributed by atoms with Gasteiger partial charge < -0.3 is 10.6 Å². The predicted molar refractivity (Wildman–Crippen MR) is 97.2 cm³/mol. The third-order valence-corrected chi connectivity index (χ3v) is 5.86. The number of benzene rings is 1. The van der Waals surface area contributed by atoms with E-state index in [2.05, 4.69) is 0 Å². The summed E-state index contributed by atoms with van der Waals surface area (Å²) in [5.74, 6) is 0.256. The van der Waals surface area contributed by atoms with Crippen molar-refractivity contribution < 1.29 is 18.0 Å². The molecule has 3 nitrogen and oxygen atoms in total. The highest BCUT2D eigenvalue weighted by Crippen LogP contribution is 2.45. The lowest BCUT2D eigenvalue weighted by Gasteiger charge is -2.35. The smallest absolute Gasteiger partial charge is 0.339 e. The quantitative estimate of drug-likeness (QED) is 0.843. The highest BCUT2D eigenvalue weighted by molar-refractivity contribution is 5.89. The fourth-order valence-electron chi connectivity index (χ4n) is 4.47. The van der Waals surface area contributed by atoms with E-state index in [0.717, 1.165) is 25.3 Å². The number of carbonyl (C=O) groups excluding carboxylic acids is 1. The van der Waals surface area contributed by atoms with Crippen LogP contribution in [0.2, 0.25) is 0 Å². The van der Waals surface area contributed by atoms with Crippen molar-refractivity contribution in [2.75, 3.05) is 13.1 Å². The highest BCUT2D eigenvalue weighted by atomic mass is 35.5. The van der Waals surface area contributed by atoms with Gasteiger partial charge in [0, 0.05) is 12.6 Å². The third-order valence-electron chi connectivity index (χ3n) is 5.86. The van der Waals surface area contributed by atoms with E-state index in [1.165, 1.54) is 12.1 Å². The van der Waals surface area contributed by atoms with Crippen LogP contribution in [0.4, 0.5) is 13.2 Å². The molecule has 2 N–H and O–H groups in total. The Hall–Kier alpha value is -1.27. The molecule has 1 aromatic rings. The van der Waals surface area contributed by atoms with Crippen molar-refractivity contribution in [3.8, 4) is 0 Å². The van der Waals surface area contributed by atoms with Crippen LogP contribution in [0.3, 0.4) is 0 Å². The molecule has 0 bridgehead atoms. The molecule has 2 aliphatic rings. The Labute approximate surface area is 158 Å². The second kappa shape index (κ2) is 7.77. The number of halogens is 4. The first kappa shape index (κ1) is 21.0. The Morgan fingerprint density at radius 1 is 1.31 bits per heavy atom. The maximum Gasteiger partial charge on any atom is 0.416 e. The molecule has 2 atom stereocenters. The van der Waals surface area contributed by atoms with Gasteiger partial charge in [0.05, 0.1) is 11.0 Å². The fourth-order valence-corrected chi connectivity index (χ4v) is 4.47. The zero-order chi connectivity index (χ0) is 18.2. The van der Waals surface area contributed by atoms with Crippen LogP contribution < -0.4 is 5.73 Å². The molecule has 1 aromatic carbocycles. The van der Waals surface area contributed by atoms with Gasteiger partial charge in [-0.3, -0.25) is 4.79 Å². The molecule has 1 amide bonds. The summed E-state index contributed by atoms with van der Waals surface area (Å²) in [4.78, 5) is 15.3. The first-order valence-corrected chi connectivity index (χ1v) is 8.97. The van der Waals surface area contributed by atoms with Gasteiger partial charge in [-0.05, 0) is 50.3 Å². The number of alkyl halides is 3. The van der Waals surface area contributed by atoms with Crippen LogP contribution in [0.25, 0.3) is 0 Å². The Kier molecular flexibility index (Phi) is 6.28. The lowest BCUT2D eigenvalue weighted by molar-refractivity contribution is -0.140. The number of hydrogen-bond donors (Lipinski definition) is 1. The molecule has 1 aliphatic carbocycles. The maximum absolute atomic E-state index is 13.4. The van der Waals surface area contributed by atoms with Gasteiger partial charge in [-0.25, -0.2) is 0 Å². The van der Waals surface area contributed by atoms with E-state index in [1.807, 2.05) is 11.8 Å². The summed E-state index contributed by atoms with van der Waals surface area (Å²) in [6.07, 6.45) is -0.576. The van der Waals surface area contributed by atoms with E-state index in [-0.39, 0.29) is 30.3 Å². The van der Waals surface area contributed by atoms with E-state index in [0.29, 0.717) is 31.5 Å². The van der Waals surface area contributed by atoms with Crippen LogP contribution in [0.5, 0.6) is 0 Å². The Bertz CT molecular complexity index is 644. The third kappa shape index (κ3) is 3.72. The molecule has 2 fully saturated rings. The van der Waals surface area contributed by atoms with Crippen molar-refractivity contribution in [3.05, 3.63) is 35.4 Å². The second-order valence-electron chi connectivity index (χ2n) is 7.51. The van der Waals surface area contributed by atoms with Crippen LogP contribution in [0, 0.1) is 5.92 Å². The summed E-state index contributed by atoms with van der Waals surface area (Å²) in [7, 11) is 0. The molecular formula is C19H26ClF3N2O. The second-order valence-corrected chi connectivity index (χ2v) is 7.51. The summed E-state index contributed by atoms with van der Waals surface area (Å²) in [5.41, 5.74) is 4.77. The molecule has 1 heterocycles. The van der Waals surface area contributed by atoms with Gasteiger partial charge in [0.2, 0.25) is 5.91 Å². The monoisotopic (exact) mass is 390 g/mol. The lowest BCUT2D eigenvalue weighted by atomic mass is 9.77. The van der Waals surface area contributed by atoms with Gasteiger partial charge in [0.25, 0.3) is 0 Å². The number of amides is 1. The average Bonchev–Trinajstić information content (AvgIpc) is 3.21. The number of carbonyl (C=O) groups is 1. The molecule has 0 spiro atoms. The van der Waals surface area contributed by atoms with E-state index in [1.54, 1.807) is 6.07 Å². The molecule has 146 valence electrons. The number of likely N-dealkylation sites (tertiary alicyclic amines) is 1. The Morgan fingerprint density at radius 2 is 1.96 bits per heavy atom. The zero-order valence-corrected chi connectivity index (χ0v) is 15.7. The molecular weight excluding hydrogens is 365 g/mol. The molecule has 1 aliphatic heterocycles. The first-order valence-electron chi connectivity index (χ1n) is 8.97. The van der Waals surface area contributed by atoms with E-state index in [9.17, 15) is 18.0 Å². The number of rotatable bonds is 3. The van der Waals surface area contributed by atoms with Gasteiger partial charge >= 0.3 is 6.18 Å². The molecule has 26 heavy (non-hydrogen) atoms. The van der Waals surface area contributed by atoms with Gasteiger partial charge in [0.1, 0.15) is 0 Å². The fraction of sp³-hybridized carbons (Fsp3) is 0.632. The van der Waals surface area contributed by atoms with Crippen molar-refractivity contribution in [1.29, 1.82) is 0 Å². The van der Waals surface area contributed by atoms with Gasteiger partial charge in [-0.2, -0.15) is 13.2 Å². The number of hydrogen-bond acceptors (Lipinski definition) is 2. The van der Waals surface area contributed by atoms with Crippen molar-refractivity contribution in [1.82, 2.24) is 4.90 Å². The van der Waals surface area contributed by atoms with E-state index < -0.39 is 17.2 Å². The van der Waals surface area contributed by atoms with E-state index in [4.69, 9.17) is 5.73 Å². The highest BCUT2D eigenvalue weighted by Gasteiger charge is 2.48. The zero-order valence-electron chi connectivity index (χ0n) is 14.9. The number of nitrogens with zero attached hydrogens (tertiary/aromatic N) is 1. The summed E-state index contributed by atoms with van der Waals surface area (Å²) in [6, 6.07) is 5.43. The topological polar surface area (TPSA) is 46.3 Å². The van der Waals surface area contributed by atoms with Crippen LogP contribution in [-0.2, 0) is 16.4 Å². The minimum Gasteiger partial charge on any atom is -0.339 e. The molecule has 0 aromatic heterocycles. The van der Waals surface area contributed by atoms with Crippen molar-refractivity contribution >= 4 is 18.3 Å². The molecule has 7 heteroatoms. The molecule has 3 rings (SSSR count). The summed E-state index contributed by atoms with van der Waals surface area (Å²) in [5, 5.41) is 0. The summed E-state index contributed by atoms with van der Waals surface area (Å²) >= 11 is 0. The molecule has 0 radical (unpaired) electrons. The van der Waals surface area contributed by atoms with E-state index >= 15 is 0 Å². The maximum atomic E-state index is 13.4. The Balaban J connectivity index is 0.00000243. The number of nitrogens with two attached hydrogens (primary N) is 1. The molecule has 1 saturated heterocycles. The summed E-state index contributed by atoms with van der Waals surface area (Å²) < 4.78 is 39.4. The summed E-state index contributed by atoms with van der Waals surface area (Å²) in [6.45, 7) is 3.14. The van der Waals surface area contributed by atoms with Gasteiger partial charge in [-0.1, -0.05) is 31.0 Å². The van der Waals surface area contributed by atoms with Crippen LogP contribution in [-0.4, -0.2) is 29.9 Å². The van der Waals surface area contributed by atoms with Gasteiger partial charge in [0.15, 0.2) is 0 Å². The van der Waals surface area contributed by atoms with Crippen LogP contribution in [0.15, 0.2) is 24.3 Å². The van der Waals surface area contributed by atoms with Crippen molar-refractivity contribution in [2.24, 2.45) is 11.7 Å². The van der Waals surface area contributed by atoms with Crippen molar-refractivity contribution in [2.45, 2.75) is 56.7 Å². The van der Waals surface area contributed by atoms with Crippen LogP contribution in [0.1, 0.15) is 50.2 Å².